The van der Waals surface area contributed by atoms with Crippen LogP contribution in [0.15, 0.2) is 43.2 Å². The van der Waals surface area contributed by atoms with Gasteiger partial charge in [-0.25, -0.2) is 14.4 Å². The number of carbonyl (C=O) groups is 1. The van der Waals surface area contributed by atoms with Crippen LogP contribution in [0.3, 0.4) is 0 Å². The van der Waals surface area contributed by atoms with E-state index in [9.17, 15) is 14.3 Å². The van der Waals surface area contributed by atoms with Crippen LogP contribution in [-0.4, -0.2) is 57.3 Å². The summed E-state index contributed by atoms with van der Waals surface area (Å²) >= 11 is 11.9. The van der Waals surface area contributed by atoms with Crippen molar-refractivity contribution >= 4 is 51.5 Å². The molecule has 2 aliphatic heterocycles. The van der Waals surface area contributed by atoms with Gasteiger partial charge in [-0.2, -0.15) is 0 Å². The number of halogens is 3. The van der Waals surface area contributed by atoms with Gasteiger partial charge in [-0.15, -0.1) is 0 Å². The minimum atomic E-state index is -0.699. The predicted molar refractivity (Wildman–Crippen MR) is 135 cm³/mol. The molecule has 3 heterocycles. The molecule has 2 N–H and O–H groups in total. The molecule has 8 nitrogen and oxygen atoms in total. The molecule has 0 radical (unpaired) electrons. The number of piperidine rings is 1. The molecule has 2 saturated heterocycles. The van der Waals surface area contributed by atoms with Gasteiger partial charge in [0.15, 0.2) is 17.3 Å². The van der Waals surface area contributed by atoms with Gasteiger partial charge in [0.1, 0.15) is 24.9 Å². The van der Waals surface area contributed by atoms with Crippen molar-refractivity contribution in [1.82, 2.24) is 14.9 Å². The largest absolute Gasteiger partial charge is 0.487 e. The maximum Gasteiger partial charge on any atom is 0.246 e. The van der Waals surface area contributed by atoms with Crippen molar-refractivity contribution in [3.8, 4) is 11.5 Å². The van der Waals surface area contributed by atoms with E-state index in [0.29, 0.717) is 41.1 Å². The monoisotopic (exact) mass is 532 g/mol. The Morgan fingerprint density at radius 2 is 2.00 bits per heavy atom. The average molecular weight is 533 g/mol. The molecule has 1 saturated carbocycles. The van der Waals surface area contributed by atoms with E-state index in [1.54, 1.807) is 12.1 Å². The third-order valence-electron chi connectivity index (χ3n) is 6.46. The Labute approximate surface area is 216 Å². The van der Waals surface area contributed by atoms with Crippen molar-refractivity contribution in [2.24, 2.45) is 0 Å². The summed E-state index contributed by atoms with van der Waals surface area (Å²) in [7, 11) is 0. The van der Waals surface area contributed by atoms with E-state index in [1.165, 1.54) is 24.5 Å². The van der Waals surface area contributed by atoms with Crippen molar-refractivity contribution in [2.75, 3.05) is 18.5 Å². The zero-order valence-corrected chi connectivity index (χ0v) is 20.6. The number of ether oxygens (including phenoxy) is 2. The first kappa shape index (κ1) is 24.5. The molecule has 0 spiro atoms. The summed E-state index contributed by atoms with van der Waals surface area (Å²) in [5.41, 5.74) is 0.634. The van der Waals surface area contributed by atoms with E-state index in [4.69, 9.17) is 32.7 Å². The Morgan fingerprint density at radius 3 is 2.72 bits per heavy atom. The highest BCUT2D eigenvalue weighted by atomic mass is 35.5. The van der Waals surface area contributed by atoms with Crippen LogP contribution in [0.25, 0.3) is 10.9 Å². The molecule has 2 aromatic carbocycles. The molecule has 1 aliphatic carbocycles. The summed E-state index contributed by atoms with van der Waals surface area (Å²) in [6, 6.07) is 6.60. The van der Waals surface area contributed by atoms with E-state index in [0.717, 1.165) is 6.42 Å². The van der Waals surface area contributed by atoms with Gasteiger partial charge in [-0.1, -0.05) is 29.8 Å². The maximum absolute atomic E-state index is 14.7. The highest BCUT2D eigenvalue weighted by Gasteiger charge is 2.48. The normalized spacial score (nSPS) is 20.6. The lowest BCUT2D eigenvalue weighted by atomic mass is 9.78. The number of nitrogens with one attached hydrogen (secondary N) is 1. The second-order valence-corrected chi connectivity index (χ2v) is 9.45. The Bertz CT molecular complexity index is 1330. The van der Waals surface area contributed by atoms with E-state index in [-0.39, 0.29) is 53.0 Å². The molecule has 36 heavy (non-hydrogen) atoms. The van der Waals surface area contributed by atoms with Crippen molar-refractivity contribution in [1.29, 1.82) is 0 Å². The lowest BCUT2D eigenvalue weighted by Gasteiger charge is -2.54. The highest BCUT2D eigenvalue weighted by Crippen LogP contribution is 2.42. The first-order valence-corrected chi connectivity index (χ1v) is 12.2. The van der Waals surface area contributed by atoms with Gasteiger partial charge < -0.3 is 24.8 Å². The molecule has 3 aromatic rings. The number of aliphatic hydroxyl groups excluding tert-OH is 1. The first-order chi connectivity index (χ1) is 17.4. The third-order valence-corrected chi connectivity index (χ3v) is 7.24. The molecule has 1 aromatic heterocycles. The minimum Gasteiger partial charge on any atom is -0.487 e. The van der Waals surface area contributed by atoms with Gasteiger partial charge in [-0.05, 0) is 30.7 Å². The fourth-order valence-corrected chi connectivity index (χ4v) is 5.15. The van der Waals surface area contributed by atoms with E-state index < -0.39 is 5.82 Å². The topological polar surface area (TPSA) is 96.8 Å². The number of hydrogen-bond acceptors (Lipinski definition) is 7. The van der Waals surface area contributed by atoms with Crippen LogP contribution >= 0.6 is 23.2 Å². The summed E-state index contributed by atoms with van der Waals surface area (Å²) in [5, 5.41) is 12.7. The van der Waals surface area contributed by atoms with Crippen LogP contribution < -0.4 is 14.8 Å². The van der Waals surface area contributed by atoms with Crippen LogP contribution in [0.4, 0.5) is 15.9 Å². The van der Waals surface area contributed by atoms with Crippen LogP contribution in [0.1, 0.15) is 19.3 Å². The fraction of sp³-hybridized carbons (Fsp3) is 0.320. The van der Waals surface area contributed by atoms with E-state index in [2.05, 4.69) is 21.9 Å². The van der Waals surface area contributed by atoms with Crippen LogP contribution in [0, 0.1) is 5.82 Å². The molecule has 2 unspecified atom stereocenters. The van der Waals surface area contributed by atoms with Gasteiger partial charge in [0.25, 0.3) is 0 Å². The zero-order chi connectivity index (χ0) is 25.4. The van der Waals surface area contributed by atoms with Crippen LogP contribution in [0.5, 0.6) is 11.5 Å². The SMILES string of the molecule is C=CC(=O)N1C2CC(Oc3cc4c(Nc5ccc(Cl)c(Cl)c5F)ncnc4cc3OCCO)CC1C2. The summed E-state index contributed by atoms with van der Waals surface area (Å²) < 4.78 is 26.8. The molecule has 2 atom stereocenters. The lowest BCUT2D eigenvalue weighted by molar-refractivity contribution is -0.148. The number of hydrogen-bond donors (Lipinski definition) is 2. The molecular formula is C25H23Cl2FN4O4. The number of benzene rings is 2. The number of fused-ring (bicyclic) bond motifs is 3. The molecule has 1 amide bonds. The third kappa shape index (κ3) is 4.54. The Hall–Kier alpha value is -3.14. The molecule has 3 fully saturated rings. The van der Waals surface area contributed by atoms with Gasteiger partial charge in [-0.3, -0.25) is 4.79 Å². The number of aliphatic hydroxyl groups is 1. The molecule has 6 rings (SSSR count). The first-order valence-electron chi connectivity index (χ1n) is 11.4. The summed E-state index contributed by atoms with van der Waals surface area (Å²) in [4.78, 5) is 22.5. The predicted octanol–water partition coefficient (Wildman–Crippen LogP) is 4.89. The van der Waals surface area contributed by atoms with Crippen molar-refractivity contribution in [3.05, 3.63) is 59.1 Å². The van der Waals surface area contributed by atoms with Gasteiger partial charge in [0.05, 0.1) is 27.9 Å². The number of nitrogens with zero attached hydrogens (tertiary/aromatic N) is 3. The second-order valence-electron chi connectivity index (χ2n) is 8.66. The van der Waals surface area contributed by atoms with Crippen molar-refractivity contribution in [2.45, 2.75) is 37.5 Å². The Morgan fingerprint density at radius 1 is 1.22 bits per heavy atom. The number of amides is 1. The highest BCUT2D eigenvalue weighted by molar-refractivity contribution is 6.42. The van der Waals surface area contributed by atoms with Crippen LogP contribution in [0.2, 0.25) is 10.0 Å². The molecule has 11 heteroatoms. The molecule has 3 aliphatic rings. The number of anilines is 2. The fourth-order valence-electron chi connectivity index (χ4n) is 4.84. The Kier molecular flexibility index (Phi) is 6.87. The summed E-state index contributed by atoms with van der Waals surface area (Å²) in [6.45, 7) is 3.49. The molecule has 2 bridgehead atoms. The quantitative estimate of drug-likeness (QED) is 0.315. The number of carbonyl (C=O) groups excluding carboxylic acids is 1. The van der Waals surface area contributed by atoms with Crippen molar-refractivity contribution in [3.63, 3.8) is 0 Å². The molecular weight excluding hydrogens is 510 g/mol. The smallest absolute Gasteiger partial charge is 0.246 e. The van der Waals surface area contributed by atoms with Crippen LogP contribution in [-0.2, 0) is 4.79 Å². The number of rotatable bonds is 8. The minimum absolute atomic E-state index is 0.0604. The summed E-state index contributed by atoms with van der Waals surface area (Å²) in [6.07, 6.45) is 4.86. The van der Waals surface area contributed by atoms with Gasteiger partial charge in [0.2, 0.25) is 5.91 Å². The van der Waals surface area contributed by atoms with E-state index in [1.807, 2.05) is 4.90 Å². The van der Waals surface area contributed by atoms with Crippen molar-refractivity contribution < 1.29 is 23.8 Å². The van der Waals surface area contributed by atoms with Gasteiger partial charge in [0, 0.05) is 36.4 Å². The second kappa shape index (κ2) is 10.1. The number of aromatic nitrogens is 2. The molecule has 188 valence electrons. The zero-order valence-electron chi connectivity index (χ0n) is 19.1. The maximum atomic E-state index is 14.7. The van der Waals surface area contributed by atoms with E-state index >= 15 is 0 Å². The average Bonchev–Trinajstić information content (AvgIpc) is 2.88. The standard InChI is InChI=1S/C25H23Cl2FN4O4/c1-2-22(34)32-13-7-14(32)9-15(8-13)36-21-10-16-19(11-20(21)35-6-5-33)29-12-30-25(16)31-18-4-3-17(26)23(27)24(18)28/h2-4,10-15,33H,1,5-9H2,(H,29,30,31). The Balaban J connectivity index is 1.46. The summed E-state index contributed by atoms with van der Waals surface area (Å²) in [5.74, 6) is 0.437. The van der Waals surface area contributed by atoms with Gasteiger partial charge >= 0.3 is 0 Å². The lowest BCUT2D eigenvalue weighted by Crippen LogP contribution is -2.64.